The van der Waals surface area contributed by atoms with E-state index >= 15 is 0 Å². The van der Waals surface area contributed by atoms with E-state index in [4.69, 9.17) is 9.29 Å². The summed E-state index contributed by atoms with van der Waals surface area (Å²) in [5, 5.41) is 8.54. The molecule has 0 aliphatic heterocycles. The summed E-state index contributed by atoms with van der Waals surface area (Å²) in [5.74, 6) is 0. The van der Waals surface area contributed by atoms with Crippen LogP contribution in [0.15, 0.2) is 35.2 Å². The van der Waals surface area contributed by atoms with Crippen LogP contribution in [0.2, 0.25) is 0 Å². The van der Waals surface area contributed by atoms with E-state index in [-0.39, 0.29) is 18.1 Å². The fourth-order valence-corrected chi connectivity index (χ4v) is 2.18. The minimum atomic E-state index is -3.61. The van der Waals surface area contributed by atoms with E-state index in [0.717, 1.165) is 6.42 Å². The molecule has 1 N–H and O–H groups in total. The Morgan fingerprint density at radius 2 is 1.75 bits per heavy atom. The van der Waals surface area contributed by atoms with Crippen molar-refractivity contribution in [1.82, 2.24) is 0 Å². The summed E-state index contributed by atoms with van der Waals surface area (Å²) in [6.07, 6.45) is 2.07. The fourth-order valence-electron chi connectivity index (χ4n) is 1.21. The van der Waals surface area contributed by atoms with Crippen LogP contribution in [0, 0.1) is 0 Å². The lowest BCUT2D eigenvalue weighted by molar-refractivity contribution is 0.268. The Kier molecular flexibility index (Phi) is 5.45. The zero-order valence-corrected chi connectivity index (χ0v) is 9.82. The molecule has 1 aromatic rings. The molecule has 0 spiro atoms. The maximum Gasteiger partial charge on any atom is 0.296 e. The Morgan fingerprint density at radius 3 is 2.38 bits per heavy atom. The SMILES string of the molecule is O=S(=O)(OCCCCCO)c1ccccc1. The summed E-state index contributed by atoms with van der Waals surface area (Å²) < 4.78 is 28.0. The molecule has 0 radical (unpaired) electrons. The summed E-state index contributed by atoms with van der Waals surface area (Å²) in [7, 11) is -3.61. The summed E-state index contributed by atoms with van der Waals surface area (Å²) >= 11 is 0. The molecule has 1 aromatic carbocycles. The smallest absolute Gasteiger partial charge is 0.296 e. The molecule has 0 heterocycles. The summed E-state index contributed by atoms with van der Waals surface area (Å²) in [4.78, 5) is 0.178. The Bertz CT molecular complexity index is 386. The van der Waals surface area contributed by atoms with Gasteiger partial charge in [-0.05, 0) is 31.4 Å². The molecule has 0 saturated carbocycles. The molecule has 0 unspecified atom stereocenters. The maximum atomic E-state index is 11.6. The first-order valence-electron chi connectivity index (χ1n) is 5.22. The molecular formula is C11H16O4S. The van der Waals surface area contributed by atoms with Crippen LogP contribution in [-0.2, 0) is 14.3 Å². The molecule has 0 amide bonds. The van der Waals surface area contributed by atoms with Crippen LogP contribution >= 0.6 is 0 Å². The average molecular weight is 244 g/mol. The molecule has 4 nitrogen and oxygen atoms in total. The lowest BCUT2D eigenvalue weighted by atomic mass is 10.2. The number of rotatable bonds is 7. The zero-order chi connectivity index (χ0) is 11.9. The lowest BCUT2D eigenvalue weighted by Gasteiger charge is -2.04. The van der Waals surface area contributed by atoms with Crippen molar-refractivity contribution in [2.24, 2.45) is 0 Å². The van der Waals surface area contributed by atoms with E-state index in [1.54, 1.807) is 18.2 Å². The van der Waals surface area contributed by atoms with Crippen molar-refractivity contribution in [3.05, 3.63) is 30.3 Å². The second kappa shape index (κ2) is 6.62. The van der Waals surface area contributed by atoms with Gasteiger partial charge in [-0.1, -0.05) is 18.2 Å². The normalized spacial score (nSPS) is 11.6. The first-order chi connectivity index (χ1) is 7.67. The maximum absolute atomic E-state index is 11.6. The number of unbranched alkanes of at least 4 members (excludes halogenated alkanes) is 2. The van der Waals surface area contributed by atoms with Gasteiger partial charge in [0.15, 0.2) is 0 Å². The van der Waals surface area contributed by atoms with Gasteiger partial charge >= 0.3 is 0 Å². The third-order valence-corrected chi connectivity index (χ3v) is 3.40. The van der Waals surface area contributed by atoms with E-state index in [1.165, 1.54) is 12.1 Å². The number of aliphatic hydroxyl groups is 1. The van der Waals surface area contributed by atoms with Crippen LogP contribution in [0.4, 0.5) is 0 Å². The van der Waals surface area contributed by atoms with E-state index in [0.29, 0.717) is 12.8 Å². The fraction of sp³-hybridized carbons (Fsp3) is 0.455. The molecule has 0 aromatic heterocycles. The van der Waals surface area contributed by atoms with Crippen molar-refractivity contribution in [3.8, 4) is 0 Å². The first-order valence-corrected chi connectivity index (χ1v) is 6.63. The monoisotopic (exact) mass is 244 g/mol. The number of benzene rings is 1. The number of aliphatic hydroxyl groups excluding tert-OH is 1. The minimum Gasteiger partial charge on any atom is -0.396 e. The van der Waals surface area contributed by atoms with Crippen molar-refractivity contribution in [2.75, 3.05) is 13.2 Å². The Labute approximate surface area is 96.0 Å². The molecule has 16 heavy (non-hydrogen) atoms. The molecule has 0 aliphatic carbocycles. The molecular weight excluding hydrogens is 228 g/mol. The molecule has 0 aliphatic rings. The van der Waals surface area contributed by atoms with E-state index in [1.807, 2.05) is 0 Å². The van der Waals surface area contributed by atoms with Gasteiger partial charge in [-0.25, -0.2) is 0 Å². The molecule has 0 saturated heterocycles. The third-order valence-electron chi connectivity index (χ3n) is 2.07. The molecule has 5 heteroatoms. The zero-order valence-electron chi connectivity index (χ0n) is 9.00. The highest BCUT2D eigenvalue weighted by Gasteiger charge is 2.13. The van der Waals surface area contributed by atoms with Crippen LogP contribution in [0.5, 0.6) is 0 Å². The number of hydrogen-bond donors (Lipinski definition) is 1. The van der Waals surface area contributed by atoms with E-state index in [9.17, 15) is 8.42 Å². The van der Waals surface area contributed by atoms with Crippen molar-refractivity contribution in [3.63, 3.8) is 0 Å². The van der Waals surface area contributed by atoms with Crippen LogP contribution in [0.1, 0.15) is 19.3 Å². The molecule has 1 rings (SSSR count). The number of hydrogen-bond acceptors (Lipinski definition) is 4. The highest BCUT2D eigenvalue weighted by atomic mass is 32.2. The van der Waals surface area contributed by atoms with Crippen molar-refractivity contribution in [1.29, 1.82) is 0 Å². The Morgan fingerprint density at radius 1 is 1.06 bits per heavy atom. The Balaban J connectivity index is 2.41. The van der Waals surface area contributed by atoms with Gasteiger partial charge in [-0.15, -0.1) is 0 Å². The van der Waals surface area contributed by atoms with Gasteiger partial charge in [-0.3, -0.25) is 4.18 Å². The Hall–Kier alpha value is -0.910. The molecule has 0 atom stereocenters. The van der Waals surface area contributed by atoms with Crippen LogP contribution in [0.3, 0.4) is 0 Å². The van der Waals surface area contributed by atoms with Crippen LogP contribution < -0.4 is 0 Å². The van der Waals surface area contributed by atoms with Gasteiger partial charge in [0.05, 0.1) is 11.5 Å². The highest BCUT2D eigenvalue weighted by Crippen LogP contribution is 2.11. The third kappa shape index (κ3) is 4.30. The van der Waals surface area contributed by atoms with Gasteiger partial charge < -0.3 is 5.11 Å². The summed E-state index contributed by atoms with van der Waals surface area (Å²) in [5.41, 5.74) is 0. The minimum absolute atomic E-state index is 0.130. The van der Waals surface area contributed by atoms with Gasteiger partial charge in [-0.2, -0.15) is 8.42 Å². The molecule has 90 valence electrons. The average Bonchev–Trinajstić information content (AvgIpc) is 2.30. The van der Waals surface area contributed by atoms with Crippen LogP contribution in [0.25, 0.3) is 0 Å². The topological polar surface area (TPSA) is 63.6 Å². The predicted molar refractivity (Wildman–Crippen MR) is 60.5 cm³/mol. The summed E-state index contributed by atoms with van der Waals surface area (Å²) in [6.45, 7) is 0.294. The lowest BCUT2D eigenvalue weighted by Crippen LogP contribution is -2.07. The first kappa shape index (κ1) is 13.2. The largest absolute Gasteiger partial charge is 0.396 e. The quantitative estimate of drug-likeness (QED) is 0.584. The van der Waals surface area contributed by atoms with Crippen LogP contribution in [-0.4, -0.2) is 26.7 Å². The van der Waals surface area contributed by atoms with Gasteiger partial charge in [0.1, 0.15) is 0 Å². The predicted octanol–water partition coefficient (Wildman–Crippen LogP) is 1.55. The van der Waals surface area contributed by atoms with Crippen molar-refractivity contribution in [2.45, 2.75) is 24.2 Å². The van der Waals surface area contributed by atoms with Gasteiger partial charge in [0.25, 0.3) is 10.1 Å². The second-order valence-corrected chi connectivity index (χ2v) is 4.99. The highest BCUT2D eigenvalue weighted by molar-refractivity contribution is 7.86. The van der Waals surface area contributed by atoms with E-state index in [2.05, 4.69) is 0 Å². The summed E-state index contributed by atoms with van der Waals surface area (Å²) in [6, 6.07) is 8.07. The van der Waals surface area contributed by atoms with E-state index < -0.39 is 10.1 Å². The second-order valence-electron chi connectivity index (χ2n) is 3.37. The standard InChI is InChI=1S/C11H16O4S/c12-9-5-2-6-10-15-16(13,14)11-7-3-1-4-8-11/h1,3-4,7-8,12H,2,5-6,9-10H2. The molecule has 0 bridgehead atoms. The van der Waals surface area contributed by atoms with Crippen molar-refractivity contribution < 1.29 is 17.7 Å². The van der Waals surface area contributed by atoms with Crippen molar-refractivity contribution >= 4 is 10.1 Å². The van der Waals surface area contributed by atoms with Gasteiger partial charge in [0, 0.05) is 6.61 Å². The van der Waals surface area contributed by atoms with Gasteiger partial charge in [0.2, 0.25) is 0 Å². The molecule has 0 fully saturated rings.